The van der Waals surface area contributed by atoms with Gasteiger partial charge >= 0.3 is 0 Å². The van der Waals surface area contributed by atoms with Gasteiger partial charge in [-0.15, -0.1) is 0 Å². The van der Waals surface area contributed by atoms with Crippen molar-refractivity contribution in [2.75, 3.05) is 6.54 Å². The third-order valence-corrected chi connectivity index (χ3v) is 4.52. The van der Waals surface area contributed by atoms with Crippen molar-refractivity contribution in [2.24, 2.45) is 0 Å². The Labute approximate surface area is 151 Å². The molecular formula is C21H20ClFNO+. The van der Waals surface area contributed by atoms with Gasteiger partial charge < -0.3 is 10.4 Å². The van der Waals surface area contributed by atoms with Crippen LogP contribution in [-0.2, 0) is 12.1 Å². The molecule has 0 fully saturated rings. The van der Waals surface area contributed by atoms with Gasteiger partial charge in [-0.25, -0.2) is 4.39 Å². The molecule has 3 rings (SSSR count). The lowest BCUT2D eigenvalue weighted by Gasteiger charge is -2.27. The highest BCUT2D eigenvalue weighted by atomic mass is 35.5. The second-order valence-electron chi connectivity index (χ2n) is 6.06. The van der Waals surface area contributed by atoms with Crippen molar-refractivity contribution in [3.63, 3.8) is 0 Å². The van der Waals surface area contributed by atoms with Gasteiger partial charge in [-0.1, -0.05) is 66.2 Å². The van der Waals surface area contributed by atoms with E-state index < -0.39 is 5.60 Å². The predicted octanol–water partition coefficient (Wildman–Crippen LogP) is 3.48. The molecule has 0 saturated heterocycles. The summed E-state index contributed by atoms with van der Waals surface area (Å²) in [6.07, 6.45) is 0. The standard InChI is InChI=1S/C21H19ClFNO/c22-19-8-4-5-16(13-19)14-24-15-21(25,17-6-2-1-3-7-17)18-9-11-20(23)12-10-18/h1-13,24-25H,14-15H2/p+1/t21-/m1/s1. The lowest BCUT2D eigenvalue weighted by Crippen LogP contribution is -2.86. The van der Waals surface area contributed by atoms with Crippen molar-refractivity contribution in [3.8, 4) is 0 Å². The quantitative estimate of drug-likeness (QED) is 0.697. The van der Waals surface area contributed by atoms with Crippen LogP contribution in [0.2, 0.25) is 5.02 Å². The fourth-order valence-electron chi connectivity index (χ4n) is 2.95. The minimum atomic E-state index is -1.20. The van der Waals surface area contributed by atoms with E-state index in [9.17, 15) is 9.50 Å². The topological polar surface area (TPSA) is 36.8 Å². The van der Waals surface area contributed by atoms with Gasteiger partial charge in [-0.2, -0.15) is 0 Å². The Morgan fingerprint density at radius 1 is 0.880 bits per heavy atom. The summed E-state index contributed by atoms with van der Waals surface area (Å²) in [5.41, 5.74) is 1.33. The molecule has 0 aliphatic carbocycles. The van der Waals surface area contributed by atoms with E-state index in [1.54, 1.807) is 12.1 Å². The van der Waals surface area contributed by atoms with E-state index in [0.717, 1.165) is 11.1 Å². The zero-order chi connectivity index (χ0) is 17.7. The third-order valence-electron chi connectivity index (χ3n) is 4.28. The Hall–Kier alpha value is -2.20. The van der Waals surface area contributed by atoms with Gasteiger partial charge in [-0.05, 0) is 35.4 Å². The van der Waals surface area contributed by atoms with Crippen LogP contribution in [0.3, 0.4) is 0 Å². The summed E-state index contributed by atoms with van der Waals surface area (Å²) in [5.74, 6) is -0.318. The Balaban J connectivity index is 1.83. The Morgan fingerprint density at radius 3 is 2.24 bits per heavy atom. The monoisotopic (exact) mass is 356 g/mol. The first-order chi connectivity index (χ1) is 12.1. The summed E-state index contributed by atoms with van der Waals surface area (Å²) in [5, 5.41) is 14.1. The van der Waals surface area contributed by atoms with Gasteiger partial charge in [0.05, 0.1) is 0 Å². The molecule has 0 aliphatic rings. The number of hydrogen-bond donors (Lipinski definition) is 2. The second kappa shape index (κ2) is 7.79. The van der Waals surface area contributed by atoms with E-state index in [-0.39, 0.29) is 5.82 Å². The van der Waals surface area contributed by atoms with Crippen LogP contribution in [0.25, 0.3) is 0 Å². The number of quaternary nitrogens is 1. The van der Waals surface area contributed by atoms with Crippen LogP contribution in [0.1, 0.15) is 16.7 Å². The molecule has 0 saturated carbocycles. The third kappa shape index (κ3) is 4.26. The van der Waals surface area contributed by atoms with Gasteiger partial charge in [0, 0.05) is 10.6 Å². The maximum atomic E-state index is 13.3. The first-order valence-electron chi connectivity index (χ1n) is 8.18. The predicted molar refractivity (Wildman–Crippen MR) is 97.8 cm³/mol. The second-order valence-corrected chi connectivity index (χ2v) is 6.50. The van der Waals surface area contributed by atoms with Crippen LogP contribution in [0.5, 0.6) is 0 Å². The Bertz CT molecular complexity index is 823. The van der Waals surface area contributed by atoms with Gasteiger partial charge in [0.25, 0.3) is 0 Å². The van der Waals surface area contributed by atoms with Crippen molar-refractivity contribution >= 4 is 11.6 Å². The van der Waals surface area contributed by atoms with E-state index in [2.05, 4.69) is 0 Å². The zero-order valence-corrected chi connectivity index (χ0v) is 14.5. The average Bonchev–Trinajstić information content (AvgIpc) is 2.63. The number of hydrogen-bond acceptors (Lipinski definition) is 1. The molecule has 0 heterocycles. The lowest BCUT2D eigenvalue weighted by molar-refractivity contribution is -0.682. The molecule has 3 aromatic rings. The van der Waals surface area contributed by atoms with Gasteiger partial charge in [-0.3, -0.25) is 0 Å². The number of benzene rings is 3. The SMILES string of the molecule is O[C@](C[NH2+]Cc1cccc(Cl)c1)(c1ccccc1)c1ccc(F)cc1. The minimum Gasteiger partial charge on any atom is -0.375 e. The van der Waals surface area contributed by atoms with E-state index in [1.807, 2.05) is 59.9 Å². The maximum Gasteiger partial charge on any atom is 0.163 e. The molecule has 2 nitrogen and oxygen atoms in total. The first-order valence-corrected chi connectivity index (χ1v) is 8.56. The minimum absolute atomic E-state index is 0.318. The number of halogens is 2. The lowest BCUT2D eigenvalue weighted by atomic mass is 9.86. The number of aliphatic hydroxyl groups is 1. The largest absolute Gasteiger partial charge is 0.375 e. The number of rotatable bonds is 6. The molecule has 1 atom stereocenters. The molecule has 0 aromatic heterocycles. The summed E-state index contributed by atoms with van der Waals surface area (Å²) in [6.45, 7) is 1.10. The van der Waals surface area contributed by atoms with Gasteiger partial charge in [0.1, 0.15) is 18.9 Å². The highest BCUT2D eigenvalue weighted by Gasteiger charge is 2.33. The van der Waals surface area contributed by atoms with Crippen LogP contribution >= 0.6 is 11.6 Å². The molecule has 0 aliphatic heterocycles. The molecule has 0 spiro atoms. The fraction of sp³-hybridized carbons (Fsp3) is 0.143. The van der Waals surface area contributed by atoms with Crippen molar-refractivity contribution in [1.29, 1.82) is 0 Å². The molecule has 128 valence electrons. The Morgan fingerprint density at radius 2 is 1.56 bits per heavy atom. The molecule has 0 amide bonds. The van der Waals surface area contributed by atoms with Crippen LogP contribution in [-0.4, -0.2) is 11.7 Å². The summed E-state index contributed by atoms with van der Waals surface area (Å²) in [6, 6.07) is 23.1. The normalized spacial score (nSPS) is 13.4. The van der Waals surface area contributed by atoms with E-state index >= 15 is 0 Å². The number of nitrogens with two attached hydrogens (primary N) is 1. The molecule has 0 unspecified atom stereocenters. The van der Waals surface area contributed by atoms with E-state index in [0.29, 0.717) is 23.7 Å². The van der Waals surface area contributed by atoms with Crippen LogP contribution in [0, 0.1) is 5.82 Å². The summed E-state index contributed by atoms with van der Waals surface area (Å²) in [4.78, 5) is 0. The van der Waals surface area contributed by atoms with Gasteiger partial charge in [0.2, 0.25) is 0 Å². The van der Waals surface area contributed by atoms with E-state index in [4.69, 9.17) is 11.6 Å². The van der Waals surface area contributed by atoms with Crippen LogP contribution in [0.15, 0.2) is 78.9 Å². The Kier molecular flexibility index (Phi) is 5.49. The summed E-state index contributed by atoms with van der Waals surface area (Å²) in [7, 11) is 0. The highest BCUT2D eigenvalue weighted by Crippen LogP contribution is 2.28. The maximum absolute atomic E-state index is 13.3. The van der Waals surface area contributed by atoms with Gasteiger partial charge in [0.15, 0.2) is 5.60 Å². The summed E-state index contributed by atoms with van der Waals surface area (Å²) < 4.78 is 13.3. The summed E-state index contributed by atoms with van der Waals surface area (Å²) >= 11 is 6.02. The van der Waals surface area contributed by atoms with Crippen LogP contribution < -0.4 is 5.32 Å². The zero-order valence-electron chi connectivity index (χ0n) is 13.7. The molecule has 3 N–H and O–H groups in total. The van der Waals surface area contributed by atoms with E-state index in [1.165, 1.54) is 12.1 Å². The molecule has 25 heavy (non-hydrogen) atoms. The van der Waals surface area contributed by atoms with Crippen LogP contribution in [0.4, 0.5) is 4.39 Å². The smallest absolute Gasteiger partial charge is 0.163 e. The fourth-order valence-corrected chi connectivity index (χ4v) is 3.17. The van der Waals surface area contributed by atoms with Crippen molar-refractivity contribution in [3.05, 3.63) is 106 Å². The molecule has 3 aromatic carbocycles. The molecule has 0 bridgehead atoms. The van der Waals surface area contributed by atoms with Crippen molar-refractivity contribution in [2.45, 2.75) is 12.1 Å². The molecule has 4 heteroatoms. The average molecular weight is 357 g/mol. The molecular weight excluding hydrogens is 337 g/mol. The first kappa shape index (κ1) is 17.6. The highest BCUT2D eigenvalue weighted by molar-refractivity contribution is 6.30. The molecule has 0 radical (unpaired) electrons. The van der Waals surface area contributed by atoms with Crippen molar-refractivity contribution < 1.29 is 14.8 Å². The van der Waals surface area contributed by atoms with Crippen molar-refractivity contribution in [1.82, 2.24) is 0 Å².